The quantitative estimate of drug-likeness (QED) is 0.754. The molecule has 1 aliphatic rings. The molecule has 0 saturated heterocycles. The van der Waals surface area contributed by atoms with E-state index in [1.54, 1.807) is 0 Å². The highest BCUT2D eigenvalue weighted by atomic mass is 32.2. The predicted octanol–water partition coefficient (Wildman–Crippen LogP) is 4.08. The molecule has 16 heavy (non-hydrogen) atoms. The highest BCUT2D eigenvalue weighted by molar-refractivity contribution is 8.00. The van der Waals surface area contributed by atoms with Gasteiger partial charge < -0.3 is 5.32 Å². The average molecular weight is 243 g/mol. The fourth-order valence-corrected chi connectivity index (χ4v) is 3.62. The molecule has 0 heterocycles. The summed E-state index contributed by atoms with van der Waals surface area (Å²) in [6.07, 6.45) is 10.5. The summed E-state index contributed by atoms with van der Waals surface area (Å²) in [5, 5.41) is 3.82. The fraction of sp³-hybridized carbons (Fsp3) is 1.00. The van der Waals surface area contributed by atoms with E-state index in [0.29, 0.717) is 4.75 Å². The number of thioether (sulfide) groups is 1. The van der Waals surface area contributed by atoms with Crippen molar-refractivity contribution in [3.05, 3.63) is 0 Å². The van der Waals surface area contributed by atoms with Crippen molar-refractivity contribution >= 4 is 11.8 Å². The Labute approximate surface area is 106 Å². The lowest BCUT2D eigenvalue weighted by Gasteiger charge is -2.34. The average Bonchev–Trinajstić information content (AvgIpc) is 2.32. The van der Waals surface area contributed by atoms with Crippen LogP contribution in [0.25, 0.3) is 0 Å². The van der Waals surface area contributed by atoms with E-state index < -0.39 is 0 Å². The standard InChI is InChI=1S/C14H29NS/c1-5-14(6-2,16-4)11-15-13-9-7-8-12(3)10-13/h12-13,15H,5-11H2,1-4H3. The van der Waals surface area contributed by atoms with Crippen LogP contribution in [-0.4, -0.2) is 23.6 Å². The Hall–Kier alpha value is 0.310. The second kappa shape index (κ2) is 6.90. The third-order valence-electron chi connectivity index (χ3n) is 4.37. The first-order valence-electron chi connectivity index (χ1n) is 6.94. The minimum Gasteiger partial charge on any atom is -0.313 e. The zero-order valence-corrected chi connectivity index (χ0v) is 12.3. The molecule has 2 atom stereocenters. The first-order valence-corrected chi connectivity index (χ1v) is 8.16. The maximum Gasteiger partial charge on any atom is 0.0276 e. The van der Waals surface area contributed by atoms with Crippen molar-refractivity contribution in [2.75, 3.05) is 12.8 Å². The summed E-state index contributed by atoms with van der Waals surface area (Å²) in [6.45, 7) is 8.24. The van der Waals surface area contributed by atoms with Gasteiger partial charge in [0.15, 0.2) is 0 Å². The summed E-state index contributed by atoms with van der Waals surface area (Å²) in [4.78, 5) is 0. The molecular weight excluding hydrogens is 214 g/mol. The second-order valence-electron chi connectivity index (χ2n) is 5.44. The molecular formula is C14H29NS. The maximum atomic E-state index is 3.82. The topological polar surface area (TPSA) is 12.0 Å². The molecule has 0 radical (unpaired) electrons. The van der Waals surface area contributed by atoms with E-state index in [1.807, 2.05) is 11.8 Å². The van der Waals surface area contributed by atoms with Crippen molar-refractivity contribution in [2.24, 2.45) is 5.92 Å². The monoisotopic (exact) mass is 243 g/mol. The van der Waals surface area contributed by atoms with E-state index in [2.05, 4.69) is 32.3 Å². The van der Waals surface area contributed by atoms with E-state index in [9.17, 15) is 0 Å². The number of rotatable bonds is 6. The first kappa shape index (κ1) is 14.4. The summed E-state index contributed by atoms with van der Waals surface area (Å²) < 4.78 is 0.473. The summed E-state index contributed by atoms with van der Waals surface area (Å²) in [5.74, 6) is 0.929. The van der Waals surface area contributed by atoms with E-state index in [0.717, 1.165) is 12.0 Å². The summed E-state index contributed by atoms with van der Waals surface area (Å²) in [7, 11) is 0. The molecule has 0 bridgehead atoms. The van der Waals surface area contributed by atoms with E-state index in [4.69, 9.17) is 0 Å². The fourth-order valence-electron chi connectivity index (χ4n) is 2.81. The van der Waals surface area contributed by atoms with Crippen molar-refractivity contribution in [1.82, 2.24) is 5.32 Å². The highest BCUT2D eigenvalue weighted by Crippen LogP contribution is 2.31. The van der Waals surface area contributed by atoms with Gasteiger partial charge in [-0.1, -0.05) is 33.6 Å². The minimum absolute atomic E-state index is 0.473. The van der Waals surface area contributed by atoms with Crippen molar-refractivity contribution in [1.29, 1.82) is 0 Å². The summed E-state index contributed by atoms with van der Waals surface area (Å²) >= 11 is 2.04. The van der Waals surface area contributed by atoms with Crippen LogP contribution in [0.5, 0.6) is 0 Å². The molecule has 0 amide bonds. The van der Waals surface area contributed by atoms with Gasteiger partial charge in [0, 0.05) is 17.3 Å². The molecule has 1 fully saturated rings. The largest absolute Gasteiger partial charge is 0.313 e. The van der Waals surface area contributed by atoms with Crippen LogP contribution in [-0.2, 0) is 0 Å². The zero-order valence-electron chi connectivity index (χ0n) is 11.5. The van der Waals surface area contributed by atoms with Crippen LogP contribution in [0.15, 0.2) is 0 Å². The molecule has 96 valence electrons. The molecule has 0 aromatic rings. The number of hydrogen-bond acceptors (Lipinski definition) is 2. The Balaban J connectivity index is 2.36. The molecule has 0 aliphatic heterocycles. The van der Waals surface area contributed by atoms with Crippen molar-refractivity contribution in [3.8, 4) is 0 Å². The predicted molar refractivity (Wildman–Crippen MR) is 76.3 cm³/mol. The Bertz CT molecular complexity index is 181. The third kappa shape index (κ3) is 3.96. The normalized spacial score (nSPS) is 27.0. The lowest BCUT2D eigenvalue weighted by molar-refractivity contribution is 0.292. The van der Waals surface area contributed by atoms with Crippen LogP contribution in [0, 0.1) is 5.92 Å². The molecule has 2 unspecified atom stereocenters. The van der Waals surface area contributed by atoms with Gasteiger partial charge in [0.05, 0.1) is 0 Å². The molecule has 0 spiro atoms. The van der Waals surface area contributed by atoms with Gasteiger partial charge in [-0.2, -0.15) is 11.8 Å². The molecule has 1 saturated carbocycles. The van der Waals surface area contributed by atoms with Crippen LogP contribution in [0.3, 0.4) is 0 Å². The van der Waals surface area contributed by atoms with Crippen molar-refractivity contribution < 1.29 is 0 Å². The van der Waals surface area contributed by atoms with Crippen LogP contribution < -0.4 is 5.32 Å². The van der Waals surface area contributed by atoms with Gasteiger partial charge >= 0.3 is 0 Å². The number of nitrogens with one attached hydrogen (secondary N) is 1. The lowest BCUT2D eigenvalue weighted by Crippen LogP contribution is -2.43. The third-order valence-corrected chi connectivity index (χ3v) is 5.96. The molecule has 2 heteroatoms. The van der Waals surface area contributed by atoms with Crippen molar-refractivity contribution in [2.45, 2.75) is 70.1 Å². The van der Waals surface area contributed by atoms with Crippen LogP contribution in [0.4, 0.5) is 0 Å². The maximum absolute atomic E-state index is 3.82. The molecule has 0 aromatic carbocycles. The van der Waals surface area contributed by atoms with Crippen LogP contribution in [0.2, 0.25) is 0 Å². The zero-order chi connectivity index (χ0) is 12.0. The van der Waals surface area contributed by atoms with Gasteiger partial charge in [0.2, 0.25) is 0 Å². The van der Waals surface area contributed by atoms with Gasteiger partial charge in [-0.05, 0) is 37.9 Å². The Morgan fingerprint density at radius 2 is 1.94 bits per heavy atom. The number of hydrogen-bond donors (Lipinski definition) is 1. The first-order chi connectivity index (χ1) is 7.65. The molecule has 0 aromatic heterocycles. The van der Waals surface area contributed by atoms with E-state index >= 15 is 0 Å². The van der Waals surface area contributed by atoms with Gasteiger partial charge in [0.1, 0.15) is 0 Å². The second-order valence-corrected chi connectivity index (χ2v) is 6.72. The Kier molecular flexibility index (Phi) is 6.20. The van der Waals surface area contributed by atoms with Crippen molar-refractivity contribution in [3.63, 3.8) is 0 Å². The molecule has 1 nitrogen and oxygen atoms in total. The van der Waals surface area contributed by atoms with E-state index in [1.165, 1.54) is 45.1 Å². The summed E-state index contributed by atoms with van der Waals surface area (Å²) in [5.41, 5.74) is 0. The minimum atomic E-state index is 0.473. The molecule has 1 N–H and O–H groups in total. The van der Waals surface area contributed by atoms with Crippen LogP contribution >= 0.6 is 11.8 Å². The summed E-state index contributed by atoms with van der Waals surface area (Å²) in [6, 6.07) is 0.786. The van der Waals surface area contributed by atoms with Gasteiger partial charge in [-0.25, -0.2) is 0 Å². The van der Waals surface area contributed by atoms with E-state index in [-0.39, 0.29) is 0 Å². The van der Waals surface area contributed by atoms with Gasteiger partial charge in [0.25, 0.3) is 0 Å². The SMILES string of the molecule is CCC(CC)(CNC1CCCC(C)C1)SC. The Morgan fingerprint density at radius 1 is 1.25 bits per heavy atom. The van der Waals surface area contributed by atoms with Gasteiger partial charge in [-0.15, -0.1) is 0 Å². The van der Waals surface area contributed by atoms with Gasteiger partial charge in [-0.3, -0.25) is 0 Å². The lowest BCUT2D eigenvalue weighted by atomic mass is 9.86. The Morgan fingerprint density at radius 3 is 2.44 bits per heavy atom. The highest BCUT2D eigenvalue weighted by Gasteiger charge is 2.27. The molecule has 1 aliphatic carbocycles. The molecule has 1 rings (SSSR count). The smallest absolute Gasteiger partial charge is 0.0276 e. The van der Waals surface area contributed by atoms with Crippen LogP contribution in [0.1, 0.15) is 59.3 Å².